The number of rotatable bonds is 4. The van der Waals surface area contributed by atoms with Crippen LogP contribution in [0.5, 0.6) is 0 Å². The van der Waals surface area contributed by atoms with Crippen LogP contribution in [0.4, 0.5) is 8.78 Å². The first-order valence-electron chi connectivity index (χ1n) is 6.27. The van der Waals surface area contributed by atoms with Gasteiger partial charge in [0.1, 0.15) is 0 Å². The van der Waals surface area contributed by atoms with Gasteiger partial charge < -0.3 is 5.32 Å². The highest BCUT2D eigenvalue weighted by atomic mass is 19.3. The standard InChI is InChI=1S/C14H19F2N/c1-10-4-2-7-13(10)17-9-11-5-3-6-12(8-11)14(15)16/h3,5-6,8,10,13-14,17H,2,4,7,9H2,1H3. The first kappa shape index (κ1) is 12.5. The van der Waals surface area contributed by atoms with E-state index in [0.717, 1.165) is 5.56 Å². The summed E-state index contributed by atoms with van der Waals surface area (Å²) in [5.74, 6) is 0.702. The van der Waals surface area contributed by atoms with Crippen LogP contribution in [0.1, 0.15) is 43.7 Å². The molecule has 1 aromatic rings. The zero-order valence-electron chi connectivity index (χ0n) is 10.1. The second-order valence-corrected chi connectivity index (χ2v) is 4.94. The molecule has 2 rings (SSSR count). The summed E-state index contributed by atoms with van der Waals surface area (Å²) in [7, 11) is 0. The smallest absolute Gasteiger partial charge is 0.263 e. The van der Waals surface area contributed by atoms with E-state index in [0.29, 0.717) is 18.5 Å². The van der Waals surface area contributed by atoms with Gasteiger partial charge in [0.2, 0.25) is 0 Å². The van der Waals surface area contributed by atoms with Gasteiger partial charge in [-0.05, 0) is 30.4 Å². The van der Waals surface area contributed by atoms with Gasteiger partial charge in [-0.15, -0.1) is 0 Å². The van der Waals surface area contributed by atoms with Crippen LogP contribution in [0.15, 0.2) is 24.3 Å². The van der Waals surface area contributed by atoms with Gasteiger partial charge in [0, 0.05) is 18.2 Å². The monoisotopic (exact) mass is 239 g/mol. The molecule has 1 aromatic carbocycles. The number of hydrogen-bond acceptors (Lipinski definition) is 1. The maximum atomic E-state index is 12.5. The molecule has 1 nitrogen and oxygen atoms in total. The van der Waals surface area contributed by atoms with Crippen LogP contribution in [0.2, 0.25) is 0 Å². The lowest BCUT2D eigenvalue weighted by atomic mass is 10.1. The Labute approximate surface area is 101 Å². The predicted molar refractivity (Wildman–Crippen MR) is 65.0 cm³/mol. The molecule has 1 fully saturated rings. The van der Waals surface area contributed by atoms with E-state index in [4.69, 9.17) is 0 Å². The third kappa shape index (κ3) is 3.25. The third-order valence-electron chi connectivity index (χ3n) is 3.63. The van der Waals surface area contributed by atoms with Crippen LogP contribution in [-0.2, 0) is 6.54 Å². The minimum Gasteiger partial charge on any atom is -0.310 e. The van der Waals surface area contributed by atoms with Gasteiger partial charge in [-0.3, -0.25) is 0 Å². The van der Waals surface area contributed by atoms with Crippen molar-refractivity contribution in [2.45, 2.75) is 45.2 Å². The molecule has 1 saturated carbocycles. The van der Waals surface area contributed by atoms with Crippen molar-refractivity contribution in [1.82, 2.24) is 5.32 Å². The summed E-state index contributed by atoms with van der Waals surface area (Å²) in [5.41, 5.74) is 1.06. The fourth-order valence-electron chi connectivity index (χ4n) is 2.54. The molecular formula is C14H19F2N. The highest BCUT2D eigenvalue weighted by Crippen LogP contribution is 2.25. The van der Waals surface area contributed by atoms with E-state index in [1.807, 2.05) is 6.07 Å². The Balaban J connectivity index is 1.92. The van der Waals surface area contributed by atoms with Crippen molar-refractivity contribution in [3.05, 3.63) is 35.4 Å². The summed E-state index contributed by atoms with van der Waals surface area (Å²) in [5, 5.41) is 3.47. The van der Waals surface area contributed by atoms with E-state index in [2.05, 4.69) is 12.2 Å². The van der Waals surface area contributed by atoms with Crippen LogP contribution >= 0.6 is 0 Å². The van der Waals surface area contributed by atoms with Gasteiger partial charge in [0.15, 0.2) is 0 Å². The Morgan fingerprint density at radius 2 is 2.18 bits per heavy atom. The summed E-state index contributed by atoms with van der Waals surface area (Å²) in [6.45, 7) is 2.94. The largest absolute Gasteiger partial charge is 0.310 e. The SMILES string of the molecule is CC1CCCC1NCc1cccc(C(F)F)c1. The van der Waals surface area contributed by atoms with Crippen molar-refractivity contribution in [2.75, 3.05) is 0 Å². The molecule has 3 heteroatoms. The molecule has 0 bridgehead atoms. The van der Waals surface area contributed by atoms with Crippen LogP contribution in [-0.4, -0.2) is 6.04 Å². The number of alkyl halides is 2. The summed E-state index contributed by atoms with van der Waals surface area (Å²) >= 11 is 0. The normalized spacial score (nSPS) is 24.5. The van der Waals surface area contributed by atoms with Gasteiger partial charge in [-0.25, -0.2) is 8.78 Å². The Morgan fingerprint density at radius 3 is 2.82 bits per heavy atom. The third-order valence-corrected chi connectivity index (χ3v) is 3.63. The second-order valence-electron chi connectivity index (χ2n) is 4.94. The Bertz CT molecular complexity index is 365. The van der Waals surface area contributed by atoms with E-state index in [1.54, 1.807) is 12.1 Å². The van der Waals surface area contributed by atoms with Crippen molar-refractivity contribution in [2.24, 2.45) is 5.92 Å². The highest BCUT2D eigenvalue weighted by Gasteiger charge is 2.22. The predicted octanol–water partition coefficient (Wildman–Crippen LogP) is 3.90. The molecule has 94 valence electrons. The van der Waals surface area contributed by atoms with E-state index in [-0.39, 0.29) is 5.56 Å². The van der Waals surface area contributed by atoms with Crippen molar-refractivity contribution in [3.8, 4) is 0 Å². The van der Waals surface area contributed by atoms with Gasteiger partial charge in [-0.1, -0.05) is 31.5 Å². The number of nitrogens with one attached hydrogen (secondary N) is 1. The van der Waals surface area contributed by atoms with E-state index < -0.39 is 6.43 Å². The average Bonchev–Trinajstić information content (AvgIpc) is 2.72. The lowest BCUT2D eigenvalue weighted by Gasteiger charge is -2.17. The van der Waals surface area contributed by atoms with Crippen LogP contribution in [0.3, 0.4) is 0 Å². The van der Waals surface area contributed by atoms with Crippen molar-refractivity contribution < 1.29 is 8.78 Å². The molecule has 0 aromatic heterocycles. The molecule has 0 saturated heterocycles. The minimum absolute atomic E-state index is 0.115. The minimum atomic E-state index is -2.37. The molecule has 0 amide bonds. The van der Waals surface area contributed by atoms with Crippen LogP contribution in [0.25, 0.3) is 0 Å². The Morgan fingerprint density at radius 1 is 1.35 bits per heavy atom. The van der Waals surface area contributed by atoms with Crippen LogP contribution in [0, 0.1) is 5.92 Å². The molecule has 2 atom stereocenters. The van der Waals surface area contributed by atoms with Gasteiger partial charge >= 0.3 is 0 Å². The van der Waals surface area contributed by atoms with E-state index in [9.17, 15) is 8.78 Å². The molecule has 2 unspecified atom stereocenters. The average molecular weight is 239 g/mol. The van der Waals surface area contributed by atoms with Crippen LogP contribution < -0.4 is 5.32 Å². The van der Waals surface area contributed by atoms with Gasteiger partial charge in [0.05, 0.1) is 0 Å². The number of benzene rings is 1. The maximum absolute atomic E-state index is 12.5. The summed E-state index contributed by atoms with van der Waals surface area (Å²) in [6, 6.07) is 7.23. The van der Waals surface area contributed by atoms with Gasteiger partial charge in [-0.2, -0.15) is 0 Å². The Hall–Kier alpha value is -0.960. The number of halogens is 2. The molecular weight excluding hydrogens is 220 g/mol. The lowest BCUT2D eigenvalue weighted by Crippen LogP contribution is -2.30. The topological polar surface area (TPSA) is 12.0 Å². The summed E-state index contributed by atoms with van der Waals surface area (Å²) in [6.07, 6.45) is 1.38. The first-order valence-corrected chi connectivity index (χ1v) is 6.27. The summed E-state index contributed by atoms with van der Waals surface area (Å²) in [4.78, 5) is 0. The molecule has 1 N–H and O–H groups in total. The zero-order chi connectivity index (χ0) is 12.3. The molecule has 0 aliphatic heterocycles. The molecule has 0 radical (unpaired) electrons. The summed E-state index contributed by atoms with van der Waals surface area (Å²) < 4.78 is 25.1. The molecule has 0 spiro atoms. The van der Waals surface area contributed by atoms with Gasteiger partial charge in [0.25, 0.3) is 6.43 Å². The molecule has 1 aliphatic rings. The molecule has 17 heavy (non-hydrogen) atoms. The quantitative estimate of drug-likeness (QED) is 0.840. The second kappa shape index (κ2) is 5.58. The van der Waals surface area contributed by atoms with Crippen molar-refractivity contribution in [1.29, 1.82) is 0 Å². The zero-order valence-corrected chi connectivity index (χ0v) is 10.1. The maximum Gasteiger partial charge on any atom is 0.263 e. The van der Waals surface area contributed by atoms with Crippen molar-refractivity contribution in [3.63, 3.8) is 0 Å². The number of hydrogen-bond donors (Lipinski definition) is 1. The Kier molecular flexibility index (Phi) is 4.11. The first-order chi connectivity index (χ1) is 8.16. The highest BCUT2D eigenvalue weighted by molar-refractivity contribution is 5.24. The fourth-order valence-corrected chi connectivity index (χ4v) is 2.54. The van der Waals surface area contributed by atoms with Crippen molar-refractivity contribution >= 4 is 0 Å². The molecule has 0 heterocycles. The molecule has 1 aliphatic carbocycles. The van der Waals surface area contributed by atoms with E-state index in [1.165, 1.54) is 25.3 Å². The lowest BCUT2D eigenvalue weighted by molar-refractivity contribution is 0.151. The fraction of sp³-hybridized carbons (Fsp3) is 0.571. The van der Waals surface area contributed by atoms with E-state index >= 15 is 0 Å².